The number of hydrogen-bond acceptors (Lipinski definition) is 3. The third kappa shape index (κ3) is 3.80. The molecule has 0 saturated carbocycles. The number of anilines is 1. The lowest BCUT2D eigenvalue weighted by atomic mass is 10.2. The molecule has 1 saturated heterocycles. The fraction of sp³-hybridized carbons (Fsp3) is 0.250. The summed E-state index contributed by atoms with van der Waals surface area (Å²) >= 11 is 11.8. The highest BCUT2D eigenvalue weighted by atomic mass is 35.5. The molecule has 0 amide bonds. The van der Waals surface area contributed by atoms with Crippen LogP contribution in [0.15, 0.2) is 53.4 Å². The summed E-state index contributed by atoms with van der Waals surface area (Å²) in [7, 11) is -3.58. The van der Waals surface area contributed by atoms with E-state index in [-0.39, 0.29) is 10.9 Å². The van der Waals surface area contributed by atoms with Crippen LogP contribution in [0.3, 0.4) is 0 Å². The first-order valence-corrected chi connectivity index (χ1v) is 9.42. The van der Waals surface area contributed by atoms with Crippen LogP contribution in [0, 0.1) is 0 Å². The lowest BCUT2D eigenvalue weighted by Gasteiger charge is -2.18. The van der Waals surface area contributed by atoms with E-state index < -0.39 is 10.0 Å². The van der Waals surface area contributed by atoms with E-state index in [4.69, 9.17) is 23.2 Å². The number of benzene rings is 2. The fourth-order valence-electron chi connectivity index (χ4n) is 2.66. The lowest BCUT2D eigenvalue weighted by molar-refractivity contribution is 0.474. The number of halogens is 2. The Morgan fingerprint density at radius 3 is 2.35 bits per heavy atom. The van der Waals surface area contributed by atoms with Gasteiger partial charge in [0.25, 0.3) is 0 Å². The second kappa shape index (κ2) is 6.69. The SMILES string of the molecule is O=S(=O)(c1cc(Cl)cc(Cl)c1)N1CCC(Nc2ccccc2)C1. The summed E-state index contributed by atoms with van der Waals surface area (Å²) in [4.78, 5) is 0.135. The topological polar surface area (TPSA) is 49.4 Å². The number of sulfonamides is 1. The monoisotopic (exact) mass is 370 g/mol. The van der Waals surface area contributed by atoms with Crippen LogP contribution in [-0.2, 0) is 10.0 Å². The summed E-state index contributed by atoms with van der Waals surface area (Å²) in [5, 5.41) is 3.99. The van der Waals surface area contributed by atoms with Crippen LogP contribution in [-0.4, -0.2) is 31.9 Å². The molecule has 0 radical (unpaired) electrons. The molecule has 1 aliphatic rings. The highest BCUT2D eigenvalue weighted by Crippen LogP contribution is 2.27. The largest absolute Gasteiger partial charge is 0.381 e. The van der Waals surface area contributed by atoms with Gasteiger partial charge in [-0.2, -0.15) is 4.31 Å². The minimum absolute atomic E-state index is 0.0850. The molecule has 1 aliphatic heterocycles. The van der Waals surface area contributed by atoms with Gasteiger partial charge in [0.2, 0.25) is 10.0 Å². The maximum absolute atomic E-state index is 12.7. The molecule has 1 N–H and O–H groups in total. The Bertz CT molecular complexity index is 777. The van der Waals surface area contributed by atoms with Gasteiger partial charge in [0, 0.05) is 34.9 Å². The Hall–Kier alpha value is -1.27. The number of hydrogen-bond donors (Lipinski definition) is 1. The molecular formula is C16H16Cl2N2O2S. The molecule has 0 aromatic heterocycles. The van der Waals surface area contributed by atoms with E-state index in [2.05, 4.69) is 5.32 Å². The van der Waals surface area contributed by atoms with Crippen LogP contribution in [0.1, 0.15) is 6.42 Å². The van der Waals surface area contributed by atoms with Crippen LogP contribution in [0.5, 0.6) is 0 Å². The second-order valence-electron chi connectivity index (χ2n) is 5.46. The Balaban J connectivity index is 1.75. The first-order valence-electron chi connectivity index (χ1n) is 7.23. The number of para-hydroxylation sites is 1. The van der Waals surface area contributed by atoms with Gasteiger partial charge in [-0.1, -0.05) is 41.4 Å². The van der Waals surface area contributed by atoms with Gasteiger partial charge in [0.15, 0.2) is 0 Å². The predicted molar refractivity (Wildman–Crippen MR) is 93.7 cm³/mol. The molecular weight excluding hydrogens is 355 g/mol. The maximum Gasteiger partial charge on any atom is 0.243 e. The molecule has 1 atom stereocenters. The summed E-state index contributed by atoms with van der Waals surface area (Å²) in [5.74, 6) is 0. The maximum atomic E-state index is 12.7. The normalized spacial score (nSPS) is 19.0. The third-order valence-electron chi connectivity index (χ3n) is 3.77. The quantitative estimate of drug-likeness (QED) is 0.888. The van der Waals surface area contributed by atoms with Crippen molar-refractivity contribution in [2.45, 2.75) is 17.4 Å². The van der Waals surface area contributed by atoms with E-state index in [0.717, 1.165) is 12.1 Å². The minimum atomic E-state index is -3.58. The molecule has 0 bridgehead atoms. The van der Waals surface area contributed by atoms with Crippen molar-refractivity contribution < 1.29 is 8.42 Å². The average Bonchev–Trinajstić information content (AvgIpc) is 2.96. The smallest absolute Gasteiger partial charge is 0.243 e. The van der Waals surface area contributed by atoms with E-state index >= 15 is 0 Å². The summed E-state index contributed by atoms with van der Waals surface area (Å²) in [6.07, 6.45) is 0.752. The Kier molecular flexibility index (Phi) is 4.82. The van der Waals surface area contributed by atoms with Crippen molar-refractivity contribution >= 4 is 38.9 Å². The van der Waals surface area contributed by atoms with Gasteiger partial charge in [0.1, 0.15) is 0 Å². The molecule has 23 heavy (non-hydrogen) atoms. The number of nitrogens with zero attached hydrogens (tertiary/aromatic N) is 1. The first kappa shape index (κ1) is 16.6. The Labute approximate surface area is 146 Å². The van der Waals surface area contributed by atoms with E-state index in [1.54, 1.807) is 0 Å². The van der Waals surface area contributed by atoms with Crippen LogP contribution in [0.25, 0.3) is 0 Å². The predicted octanol–water partition coefficient (Wildman–Crippen LogP) is 3.87. The van der Waals surface area contributed by atoms with Crippen LogP contribution >= 0.6 is 23.2 Å². The van der Waals surface area contributed by atoms with Crippen molar-refractivity contribution in [1.29, 1.82) is 0 Å². The highest BCUT2D eigenvalue weighted by molar-refractivity contribution is 7.89. The van der Waals surface area contributed by atoms with Crippen molar-refractivity contribution in [3.05, 3.63) is 58.6 Å². The molecule has 7 heteroatoms. The standard InChI is InChI=1S/C16H16Cl2N2O2S/c17-12-8-13(18)10-16(9-12)23(21,22)20-7-6-15(11-20)19-14-4-2-1-3-5-14/h1-5,8-10,15,19H,6-7,11H2. The van der Waals surface area contributed by atoms with Crippen molar-refractivity contribution in [3.63, 3.8) is 0 Å². The third-order valence-corrected chi connectivity index (χ3v) is 6.05. The molecule has 1 heterocycles. The summed E-state index contributed by atoms with van der Waals surface area (Å²) in [6.45, 7) is 0.887. The van der Waals surface area contributed by atoms with Gasteiger partial charge < -0.3 is 5.32 Å². The molecule has 4 nitrogen and oxygen atoms in total. The van der Waals surface area contributed by atoms with Crippen molar-refractivity contribution in [1.82, 2.24) is 4.31 Å². The lowest BCUT2D eigenvalue weighted by Crippen LogP contribution is -2.31. The second-order valence-corrected chi connectivity index (χ2v) is 8.27. The van der Waals surface area contributed by atoms with Crippen LogP contribution < -0.4 is 5.32 Å². The van der Waals surface area contributed by atoms with E-state index in [1.165, 1.54) is 22.5 Å². The van der Waals surface area contributed by atoms with Crippen molar-refractivity contribution in [2.24, 2.45) is 0 Å². The van der Waals surface area contributed by atoms with Gasteiger partial charge in [-0.25, -0.2) is 8.42 Å². The van der Waals surface area contributed by atoms with Gasteiger partial charge in [-0.05, 0) is 36.8 Å². The van der Waals surface area contributed by atoms with Crippen molar-refractivity contribution in [2.75, 3.05) is 18.4 Å². The minimum Gasteiger partial charge on any atom is -0.381 e. The molecule has 2 aromatic carbocycles. The highest BCUT2D eigenvalue weighted by Gasteiger charge is 2.32. The number of nitrogens with one attached hydrogen (secondary N) is 1. The zero-order valence-corrected chi connectivity index (χ0v) is 14.6. The van der Waals surface area contributed by atoms with E-state index in [9.17, 15) is 8.42 Å². The Morgan fingerprint density at radius 2 is 1.70 bits per heavy atom. The van der Waals surface area contributed by atoms with Crippen LogP contribution in [0.4, 0.5) is 5.69 Å². The van der Waals surface area contributed by atoms with Gasteiger partial charge in [-0.3, -0.25) is 0 Å². The van der Waals surface area contributed by atoms with Gasteiger partial charge >= 0.3 is 0 Å². The first-order chi connectivity index (χ1) is 10.9. The summed E-state index contributed by atoms with van der Waals surface area (Å²) < 4.78 is 26.9. The molecule has 3 rings (SSSR count). The van der Waals surface area contributed by atoms with Crippen molar-refractivity contribution in [3.8, 4) is 0 Å². The molecule has 1 unspecified atom stereocenters. The van der Waals surface area contributed by atoms with Crippen LogP contribution in [0.2, 0.25) is 10.0 Å². The number of rotatable bonds is 4. The summed E-state index contributed by atoms with van der Waals surface area (Å²) in [5.41, 5.74) is 0.988. The van der Waals surface area contributed by atoms with Gasteiger partial charge in [-0.15, -0.1) is 0 Å². The molecule has 2 aromatic rings. The van der Waals surface area contributed by atoms with E-state index in [0.29, 0.717) is 23.1 Å². The molecule has 0 aliphatic carbocycles. The zero-order chi connectivity index (χ0) is 16.4. The molecule has 1 fully saturated rings. The average molecular weight is 371 g/mol. The van der Waals surface area contributed by atoms with E-state index in [1.807, 2.05) is 30.3 Å². The molecule has 0 spiro atoms. The fourth-order valence-corrected chi connectivity index (χ4v) is 4.89. The van der Waals surface area contributed by atoms with Gasteiger partial charge in [0.05, 0.1) is 4.90 Å². The summed E-state index contributed by atoms with van der Waals surface area (Å²) in [6, 6.07) is 14.2. The molecule has 122 valence electrons. The zero-order valence-electron chi connectivity index (χ0n) is 12.2. The Morgan fingerprint density at radius 1 is 1.04 bits per heavy atom.